The first kappa shape index (κ1) is 23.4. The fourth-order valence-electron chi connectivity index (χ4n) is 5.30. The van der Waals surface area contributed by atoms with Gasteiger partial charge >= 0.3 is 0 Å². The van der Waals surface area contributed by atoms with E-state index in [1.807, 2.05) is 0 Å². The molecule has 1 aliphatic heterocycles. The fraction of sp³-hybridized carbons (Fsp3) is 0.517. The van der Waals surface area contributed by atoms with Gasteiger partial charge in [0, 0.05) is 37.8 Å². The van der Waals surface area contributed by atoms with Gasteiger partial charge in [0.25, 0.3) is 0 Å². The Morgan fingerprint density at radius 1 is 0.677 bits per heavy atom. The van der Waals surface area contributed by atoms with Crippen molar-refractivity contribution in [2.45, 2.75) is 83.7 Å². The first-order valence-corrected chi connectivity index (χ1v) is 12.6. The lowest BCUT2D eigenvalue weighted by atomic mass is 9.78. The van der Waals surface area contributed by atoms with Crippen LogP contribution in [0.5, 0.6) is 0 Å². The van der Waals surface area contributed by atoms with Gasteiger partial charge in [0.15, 0.2) is 0 Å². The molecule has 0 N–H and O–H groups in total. The summed E-state index contributed by atoms with van der Waals surface area (Å²) in [4.78, 5) is 5.39. The van der Waals surface area contributed by atoms with Gasteiger partial charge in [-0.15, -0.1) is 0 Å². The van der Waals surface area contributed by atoms with Crippen molar-refractivity contribution in [1.29, 1.82) is 0 Å². The first-order chi connectivity index (χ1) is 15.3. The minimum Gasteiger partial charge on any atom is -0.353 e. The predicted molar refractivity (Wildman–Crippen MR) is 134 cm³/mol. The van der Waals surface area contributed by atoms with E-state index >= 15 is 0 Å². The molecule has 3 rings (SSSR count). The van der Waals surface area contributed by atoms with Crippen LogP contribution in [0.15, 0.2) is 73.1 Å². The van der Waals surface area contributed by atoms with Crippen LogP contribution in [0, 0.1) is 0 Å². The van der Waals surface area contributed by atoms with Crippen LogP contribution in [-0.2, 0) is 6.42 Å². The second-order valence-electron chi connectivity index (χ2n) is 9.01. The van der Waals surface area contributed by atoms with Crippen LogP contribution in [0.3, 0.4) is 0 Å². The number of nitrogens with zero attached hydrogens (tertiary/aromatic N) is 2. The van der Waals surface area contributed by atoms with Crippen LogP contribution >= 0.6 is 0 Å². The summed E-state index contributed by atoms with van der Waals surface area (Å²) in [5.74, 6) is 0.451. The Hall–Kier alpha value is -2.22. The van der Waals surface area contributed by atoms with Gasteiger partial charge in [-0.05, 0) is 30.4 Å². The van der Waals surface area contributed by atoms with Crippen molar-refractivity contribution in [1.82, 2.24) is 9.80 Å². The van der Waals surface area contributed by atoms with Crippen molar-refractivity contribution in [3.05, 3.63) is 84.2 Å². The highest BCUT2D eigenvalue weighted by atomic mass is 15.4. The average molecular weight is 419 g/mol. The molecule has 0 fully saturated rings. The van der Waals surface area contributed by atoms with E-state index in [0.29, 0.717) is 5.92 Å². The lowest BCUT2D eigenvalue weighted by molar-refractivity contribution is -0.00354. The Labute approximate surface area is 191 Å². The third-order valence-electron chi connectivity index (χ3n) is 6.90. The lowest BCUT2D eigenvalue weighted by Crippen LogP contribution is -2.59. The Kier molecular flexibility index (Phi) is 9.06. The maximum atomic E-state index is 2.70. The Balaban J connectivity index is 2.02. The molecule has 0 bridgehead atoms. The molecule has 0 saturated heterocycles. The minimum absolute atomic E-state index is 0.0428. The molecule has 0 saturated carbocycles. The van der Waals surface area contributed by atoms with E-state index in [2.05, 4.69) is 104 Å². The van der Waals surface area contributed by atoms with E-state index in [0.717, 1.165) is 25.9 Å². The summed E-state index contributed by atoms with van der Waals surface area (Å²) in [5.41, 5.74) is 2.85. The van der Waals surface area contributed by atoms with Crippen LogP contribution in [0.2, 0.25) is 0 Å². The third kappa shape index (κ3) is 5.53. The van der Waals surface area contributed by atoms with Gasteiger partial charge in [-0.2, -0.15) is 0 Å². The average Bonchev–Trinajstić information content (AvgIpc) is 3.14. The van der Waals surface area contributed by atoms with E-state index in [1.165, 1.54) is 49.7 Å². The third-order valence-corrected chi connectivity index (χ3v) is 6.90. The van der Waals surface area contributed by atoms with Crippen LogP contribution < -0.4 is 0 Å². The summed E-state index contributed by atoms with van der Waals surface area (Å²) < 4.78 is 0. The summed E-state index contributed by atoms with van der Waals surface area (Å²) in [6, 6.07) is 22.4. The van der Waals surface area contributed by atoms with Crippen LogP contribution in [0.4, 0.5) is 0 Å². The lowest BCUT2D eigenvalue weighted by Gasteiger charge is -2.51. The molecule has 2 unspecified atom stereocenters. The molecule has 0 amide bonds. The van der Waals surface area contributed by atoms with Crippen molar-refractivity contribution < 1.29 is 0 Å². The van der Waals surface area contributed by atoms with Crippen molar-refractivity contribution in [2.75, 3.05) is 13.1 Å². The molecule has 2 aromatic carbocycles. The predicted octanol–water partition coefficient (Wildman–Crippen LogP) is 7.59. The number of hydrogen-bond acceptors (Lipinski definition) is 2. The molecule has 0 aromatic heterocycles. The number of benzene rings is 2. The second-order valence-corrected chi connectivity index (χ2v) is 9.01. The zero-order valence-electron chi connectivity index (χ0n) is 20.0. The van der Waals surface area contributed by atoms with E-state index < -0.39 is 0 Å². The summed E-state index contributed by atoms with van der Waals surface area (Å²) in [7, 11) is 0. The number of unbranched alkanes of at least 4 members (excludes halogenated alkanes) is 4. The van der Waals surface area contributed by atoms with Gasteiger partial charge in [0.2, 0.25) is 0 Å². The topological polar surface area (TPSA) is 6.48 Å². The standard InChI is InChI=1S/C29H42N2/c1-4-7-9-16-22-31-24-23-30(21-8-5-2)29(31,25-26-17-12-10-13-18-26)28(6-3)27-19-14-11-15-20-27/h10-15,17-20,23-24,28H,4-9,16,21-22,25H2,1-3H3. The largest absolute Gasteiger partial charge is 0.353 e. The Morgan fingerprint density at radius 2 is 1.26 bits per heavy atom. The Bertz CT molecular complexity index is 770. The highest BCUT2D eigenvalue weighted by molar-refractivity contribution is 5.30. The maximum Gasteiger partial charge on any atom is 0.123 e. The summed E-state index contributed by atoms with van der Waals surface area (Å²) in [5, 5.41) is 0. The van der Waals surface area contributed by atoms with Gasteiger partial charge in [-0.3, -0.25) is 0 Å². The second kappa shape index (κ2) is 12.0. The van der Waals surface area contributed by atoms with Gasteiger partial charge in [-0.25, -0.2) is 0 Å². The SMILES string of the molecule is CCCCCCN1C=CN(CCCC)C1(Cc1ccccc1)C(CC)c1ccccc1. The summed E-state index contributed by atoms with van der Waals surface area (Å²) >= 11 is 0. The maximum absolute atomic E-state index is 2.70. The van der Waals surface area contributed by atoms with Gasteiger partial charge in [0.05, 0.1) is 0 Å². The molecule has 168 valence electrons. The van der Waals surface area contributed by atoms with Gasteiger partial charge in [0.1, 0.15) is 5.66 Å². The minimum atomic E-state index is -0.0428. The molecule has 2 atom stereocenters. The normalized spacial score (nSPS) is 19.2. The van der Waals surface area contributed by atoms with Crippen LogP contribution in [-0.4, -0.2) is 28.6 Å². The van der Waals surface area contributed by atoms with Gasteiger partial charge < -0.3 is 9.80 Å². The molecule has 2 aromatic rings. The zero-order valence-corrected chi connectivity index (χ0v) is 20.0. The van der Waals surface area contributed by atoms with Crippen molar-refractivity contribution in [3.8, 4) is 0 Å². The van der Waals surface area contributed by atoms with Crippen LogP contribution in [0.25, 0.3) is 0 Å². The quantitative estimate of drug-likeness (QED) is 0.309. The monoisotopic (exact) mass is 418 g/mol. The van der Waals surface area contributed by atoms with Gasteiger partial charge in [-0.1, -0.05) is 107 Å². The van der Waals surface area contributed by atoms with Crippen LogP contribution in [0.1, 0.15) is 82.8 Å². The fourth-order valence-corrected chi connectivity index (χ4v) is 5.30. The molecule has 0 spiro atoms. The zero-order chi connectivity index (χ0) is 21.9. The Morgan fingerprint density at radius 3 is 1.84 bits per heavy atom. The molecule has 2 nitrogen and oxygen atoms in total. The molecule has 0 aliphatic carbocycles. The molecule has 31 heavy (non-hydrogen) atoms. The molecule has 1 aliphatic rings. The van der Waals surface area contributed by atoms with Crippen molar-refractivity contribution in [2.24, 2.45) is 0 Å². The number of hydrogen-bond donors (Lipinski definition) is 0. The smallest absolute Gasteiger partial charge is 0.123 e. The molecular formula is C29H42N2. The molecule has 2 heteroatoms. The van der Waals surface area contributed by atoms with E-state index in [1.54, 1.807) is 0 Å². The van der Waals surface area contributed by atoms with E-state index in [9.17, 15) is 0 Å². The van der Waals surface area contributed by atoms with Crippen molar-refractivity contribution >= 4 is 0 Å². The number of rotatable bonds is 13. The summed E-state index contributed by atoms with van der Waals surface area (Å²) in [6.07, 6.45) is 14.6. The first-order valence-electron chi connectivity index (χ1n) is 12.6. The van der Waals surface area contributed by atoms with E-state index in [4.69, 9.17) is 0 Å². The molecular weight excluding hydrogens is 376 g/mol. The molecule has 0 radical (unpaired) electrons. The summed E-state index contributed by atoms with van der Waals surface area (Å²) in [6.45, 7) is 9.22. The van der Waals surface area contributed by atoms with E-state index in [-0.39, 0.29) is 5.66 Å². The highest BCUT2D eigenvalue weighted by Gasteiger charge is 2.49. The van der Waals surface area contributed by atoms with Crippen molar-refractivity contribution in [3.63, 3.8) is 0 Å². The molecule has 1 heterocycles. The highest BCUT2D eigenvalue weighted by Crippen LogP contribution is 2.45.